The van der Waals surface area contributed by atoms with E-state index in [-0.39, 0.29) is 5.56 Å². The van der Waals surface area contributed by atoms with Crippen molar-refractivity contribution in [3.8, 4) is 5.75 Å². The first-order chi connectivity index (χ1) is 13.0. The Morgan fingerprint density at radius 3 is 2.50 bits per heavy atom. The Kier molecular flexibility index (Phi) is 5.33. The number of hydrogen-bond acceptors (Lipinski definition) is 3. The average Bonchev–Trinajstić information content (AvgIpc) is 3.40. The predicted molar refractivity (Wildman–Crippen MR) is 89.9 cm³/mol. The van der Waals surface area contributed by atoms with Gasteiger partial charge in [0.25, 0.3) is 0 Å². The summed E-state index contributed by atoms with van der Waals surface area (Å²) in [6, 6.07) is 1.95. The van der Waals surface area contributed by atoms with Crippen LogP contribution < -0.4 is 10.1 Å². The molecule has 156 valence electrons. The number of methoxy groups -OCH3 is 1. The maximum atomic E-state index is 14.2. The third-order valence-electron chi connectivity index (χ3n) is 5.83. The Morgan fingerprint density at radius 2 is 1.96 bits per heavy atom. The molecule has 1 heterocycles. The van der Waals surface area contributed by atoms with Crippen LogP contribution in [-0.4, -0.2) is 37.4 Å². The van der Waals surface area contributed by atoms with E-state index >= 15 is 0 Å². The maximum Gasteiger partial charge on any atom is 0.417 e. The van der Waals surface area contributed by atoms with Gasteiger partial charge >= 0.3 is 6.18 Å². The van der Waals surface area contributed by atoms with Crippen molar-refractivity contribution < 1.29 is 36.2 Å². The molecule has 4 atom stereocenters. The zero-order chi connectivity index (χ0) is 20.9. The Bertz CT molecular complexity index is 765. The Morgan fingerprint density at radius 1 is 1.32 bits per heavy atom. The molecule has 0 radical (unpaired) electrons. The number of carbonyl (C=O) groups excluding carboxylic acids is 1. The number of hydrogen-bond donors (Lipinski definition) is 1. The van der Waals surface area contributed by atoms with Crippen LogP contribution in [-0.2, 0) is 9.53 Å². The number of halogens is 5. The number of amides is 1. The van der Waals surface area contributed by atoms with Gasteiger partial charge in [-0.2, -0.15) is 17.6 Å². The van der Waals surface area contributed by atoms with Crippen LogP contribution in [0.15, 0.2) is 12.1 Å². The van der Waals surface area contributed by atoms with Crippen molar-refractivity contribution >= 4 is 5.91 Å². The molecule has 1 saturated heterocycles. The molecule has 1 aliphatic carbocycles. The third kappa shape index (κ3) is 3.44. The molecule has 0 unspecified atom stereocenters. The summed E-state index contributed by atoms with van der Waals surface area (Å²) in [7, 11) is 1.09. The highest BCUT2D eigenvalue weighted by atomic mass is 19.4. The average molecular weight is 407 g/mol. The standard InChI is InChI=1S/C19H22F5NO3/c1-9-13(11-6-7-12(20)14(21)15(11)27-3)16(17(26)25-8-10-4-5-10)28-18(9,2)19(22,23)24/h6-7,9-10,13,16H,4-5,8H2,1-3H3,(H,25,26)/t9-,13-,16+,18+/m0/s1. The number of alkyl halides is 3. The molecule has 0 spiro atoms. The van der Waals surface area contributed by atoms with E-state index in [0.717, 1.165) is 39.0 Å². The van der Waals surface area contributed by atoms with Crippen molar-refractivity contribution in [3.63, 3.8) is 0 Å². The van der Waals surface area contributed by atoms with Crippen LogP contribution in [0, 0.1) is 23.5 Å². The van der Waals surface area contributed by atoms with Crippen LogP contribution in [0.5, 0.6) is 5.75 Å². The molecule has 2 aliphatic rings. The van der Waals surface area contributed by atoms with Crippen LogP contribution >= 0.6 is 0 Å². The maximum absolute atomic E-state index is 14.2. The van der Waals surface area contributed by atoms with Gasteiger partial charge in [-0.05, 0) is 31.7 Å². The van der Waals surface area contributed by atoms with Gasteiger partial charge in [0.2, 0.25) is 11.7 Å². The number of ether oxygens (including phenoxy) is 2. The van der Waals surface area contributed by atoms with Crippen LogP contribution in [0.1, 0.15) is 38.2 Å². The van der Waals surface area contributed by atoms with Crippen molar-refractivity contribution in [1.29, 1.82) is 0 Å². The third-order valence-corrected chi connectivity index (χ3v) is 5.83. The normalized spacial score (nSPS) is 30.4. The Hall–Kier alpha value is -1.90. The molecular weight excluding hydrogens is 385 g/mol. The summed E-state index contributed by atoms with van der Waals surface area (Å²) in [5.74, 6) is -5.84. The molecule has 4 nitrogen and oxygen atoms in total. The predicted octanol–water partition coefficient (Wildman–Crippen LogP) is 3.94. The van der Waals surface area contributed by atoms with Gasteiger partial charge in [-0.1, -0.05) is 13.0 Å². The first-order valence-electron chi connectivity index (χ1n) is 9.05. The molecule has 0 bridgehead atoms. The minimum atomic E-state index is -4.76. The molecule has 0 aromatic heterocycles. The topological polar surface area (TPSA) is 47.6 Å². The van der Waals surface area contributed by atoms with Gasteiger partial charge in [0.1, 0.15) is 6.10 Å². The summed E-state index contributed by atoms with van der Waals surface area (Å²) < 4.78 is 79.2. The van der Waals surface area contributed by atoms with Crippen LogP contribution in [0.3, 0.4) is 0 Å². The fourth-order valence-corrected chi connectivity index (χ4v) is 3.71. The van der Waals surface area contributed by atoms with E-state index in [9.17, 15) is 26.7 Å². The highest BCUT2D eigenvalue weighted by Gasteiger charge is 2.65. The zero-order valence-corrected chi connectivity index (χ0v) is 15.7. The van der Waals surface area contributed by atoms with E-state index in [1.165, 1.54) is 6.92 Å². The number of rotatable bonds is 5. The molecule has 1 aromatic rings. The van der Waals surface area contributed by atoms with E-state index in [4.69, 9.17) is 9.47 Å². The summed E-state index contributed by atoms with van der Waals surface area (Å²) in [6.45, 7) is 2.50. The SMILES string of the molecule is COc1c([C@H]2[C@H](C(=O)NCC3CC3)O[C@@](C)(C(F)(F)F)[C@H]2C)ccc(F)c1F. The molecule has 1 N–H and O–H groups in total. The second-order valence-corrected chi connectivity index (χ2v) is 7.63. The van der Waals surface area contributed by atoms with E-state index in [0.29, 0.717) is 12.5 Å². The van der Waals surface area contributed by atoms with Crippen molar-refractivity contribution in [2.75, 3.05) is 13.7 Å². The van der Waals surface area contributed by atoms with E-state index in [1.807, 2.05) is 0 Å². The number of benzene rings is 1. The lowest BCUT2D eigenvalue weighted by atomic mass is 9.77. The molecule has 9 heteroatoms. The van der Waals surface area contributed by atoms with Crippen molar-refractivity contribution in [2.24, 2.45) is 11.8 Å². The lowest BCUT2D eigenvalue weighted by Gasteiger charge is -2.32. The first-order valence-corrected chi connectivity index (χ1v) is 9.05. The summed E-state index contributed by atoms with van der Waals surface area (Å²) in [5, 5.41) is 2.62. The quantitative estimate of drug-likeness (QED) is 0.753. The molecule has 28 heavy (non-hydrogen) atoms. The molecule has 2 fully saturated rings. The zero-order valence-electron chi connectivity index (χ0n) is 15.7. The van der Waals surface area contributed by atoms with Crippen molar-refractivity contribution in [3.05, 3.63) is 29.3 Å². The highest BCUT2D eigenvalue weighted by molar-refractivity contribution is 5.83. The minimum Gasteiger partial charge on any atom is -0.493 e. The van der Waals surface area contributed by atoms with E-state index in [2.05, 4.69) is 5.32 Å². The lowest BCUT2D eigenvalue weighted by molar-refractivity contribution is -0.272. The van der Waals surface area contributed by atoms with Crippen LogP contribution in [0.2, 0.25) is 0 Å². The molecular formula is C19H22F5NO3. The van der Waals surface area contributed by atoms with Crippen LogP contribution in [0.25, 0.3) is 0 Å². The fraction of sp³-hybridized carbons (Fsp3) is 0.632. The molecule has 1 aliphatic heterocycles. The van der Waals surface area contributed by atoms with Crippen molar-refractivity contribution in [2.45, 2.75) is 50.5 Å². The van der Waals surface area contributed by atoms with Gasteiger partial charge < -0.3 is 14.8 Å². The van der Waals surface area contributed by atoms with Gasteiger partial charge in [0.05, 0.1) is 7.11 Å². The minimum absolute atomic E-state index is 0.0338. The largest absolute Gasteiger partial charge is 0.493 e. The fourth-order valence-electron chi connectivity index (χ4n) is 3.71. The Labute approximate surface area is 159 Å². The van der Waals surface area contributed by atoms with E-state index < -0.39 is 53.0 Å². The van der Waals surface area contributed by atoms with Gasteiger partial charge in [0.15, 0.2) is 17.2 Å². The molecule has 1 aromatic carbocycles. The van der Waals surface area contributed by atoms with Gasteiger partial charge in [-0.3, -0.25) is 4.79 Å². The first kappa shape index (κ1) is 20.8. The summed E-state index contributed by atoms with van der Waals surface area (Å²) >= 11 is 0. The second-order valence-electron chi connectivity index (χ2n) is 7.63. The van der Waals surface area contributed by atoms with E-state index in [1.54, 1.807) is 0 Å². The highest BCUT2D eigenvalue weighted by Crippen LogP contribution is 2.54. The van der Waals surface area contributed by atoms with Crippen molar-refractivity contribution in [1.82, 2.24) is 5.32 Å². The number of carbonyl (C=O) groups is 1. The molecule has 3 rings (SSSR count). The summed E-state index contributed by atoms with van der Waals surface area (Å²) in [4.78, 5) is 12.7. The second kappa shape index (κ2) is 7.17. The smallest absolute Gasteiger partial charge is 0.417 e. The summed E-state index contributed by atoms with van der Waals surface area (Å²) in [5.41, 5.74) is -2.66. The Balaban J connectivity index is 2.03. The monoisotopic (exact) mass is 407 g/mol. The molecule has 1 saturated carbocycles. The molecule has 1 amide bonds. The van der Waals surface area contributed by atoms with Gasteiger partial charge in [-0.15, -0.1) is 0 Å². The van der Waals surface area contributed by atoms with Crippen LogP contribution in [0.4, 0.5) is 22.0 Å². The summed E-state index contributed by atoms with van der Waals surface area (Å²) in [6.07, 6.45) is -4.38. The van der Waals surface area contributed by atoms with Gasteiger partial charge in [-0.25, -0.2) is 4.39 Å². The van der Waals surface area contributed by atoms with Gasteiger partial charge in [0, 0.05) is 23.9 Å². The number of nitrogens with one attached hydrogen (secondary N) is 1. The lowest BCUT2D eigenvalue weighted by Crippen LogP contribution is -2.47.